The first kappa shape index (κ1) is 9.80. The normalized spacial score (nSPS) is 10.3. The standard InChI is InChI=1S/C12H10FNO/c13-12-4-2-1-3-11(12)10-5-9(8-15)6-14-7-10/h1-7,15H,8H2. The Labute approximate surface area is 87.0 Å². The highest BCUT2D eigenvalue weighted by atomic mass is 19.1. The number of hydrogen-bond acceptors (Lipinski definition) is 2. The molecule has 2 rings (SSSR count). The molecule has 3 heteroatoms. The van der Waals surface area contributed by atoms with Gasteiger partial charge in [-0.05, 0) is 17.7 Å². The van der Waals surface area contributed by atoms with Crippen molar-refractivity contribution in [2.24, 2.45) is 0 Å². The predicted octanol–water partition coefficient (Wildman–Crippen LogP) is 2.38. The monoisotopic (exact) mass is 203 g/mol. The molecule has 15 heavy (non-hydrogen) atoms. The van der Waals surface area contributed by atoms with Gasteiger partial charge in [-0.25, -0.2) is 4.39 Å². The van der Waals surface area contributed by atoms with Crippen LogP contribution in [0.15, 0.2) is 42.7 Å². The lowest BCUT2D eigenvalue weighted by molar-refractivity contribution is 0.281. The van der Waals surface area contributed by atoms with E-state index in [0.717, 1.165) is 0 Å². The summed E-state index contributed by atoms with van der Waals surface area (Å²) in [6, 6.07) is 8.23. The van der Waals surface area contributed by atoms with Crippen LogP contribution in [-0.2, 0) is 6.61 Å². The van der Waals surface area contributed by atoms with Gasteiger partial charge in [0.05, 0.1) is 6.61 Å². The van der Waals surface area contributed by atoms with E-state index in [0.29, 0.717) is 16.7 Å². The molecule has 0 amide bonds. The van der Waals surface area contributed by atoms with Gasteiger partial charge in [0, 0.05) is 23.5 Å². The van der Waals surface area contributed by atoms with Crippen LogP contribution in [0.4, 0.5) is 4.39 Å². The van der Waals surface area contributed by atoms with Crippen molar-refractivity contribution < 1.29 is 9.50 Å². The Balaban J connectivity index is 2.49. The average molecular weight is 203 g/mol. The Bertz CT molecular complexity index is 471. The molecule has 0 bridgehead atoms. The molecule has 2 aromatic rings. The van der Waals surface area contributed by atoms with Gasteiger partial charge in [-0.2, -0.15) is 0 Å². The number of hydrogen-bond donors (Lipinski definition) is 1. The molecule has 2 nitrogen and oxygen atoms in total. The fraction of sp³-hybridized carbons (Fsp3) is 0.0833. The molecule has 0 radical (unpaired) electrons. The zero-order valence-corrected chi connectivity index (χ0v) is 8.02. The fourth-order valence-corrected chi connectivity index (χ4v) is 1.42. The molecule has 0 fully saturated rings. The summed E-state index contributed by atoms with van der Waals surface area (Å²) >= 11 is 0. The summed E-state index contributed by atoms with van der Waals surface area (Å²) in [5, 5.41) is 8.94. The van der Waals surface area contributed by atoms with Gasteiger partial charge >= 0.3 is 0 Å². The van der Waals surface area contributed by atoms with Crippen molar-refractivity contribution in [2.75, 3.05) is 0 Å². The van der Waals surface area contributed by atoms with Gasteiger partial charge in [0.15, 0.2) is 0 Å². The van der Waals surface area contributed by atoms with Crippen LogP contribution in [0.25, 0.3) is 11.1 Å². The lowest BCUT2D eigenvalue weighted by atomic mass is 10.1. The smallest absolute Gasteiger partial charge is 0.131 e. The Kier molecular flexibility index (Phi) is 2.74. The molecular weight excluding hydrogens is 193 g/mol. The summed E-state index contributed by atoms with van der Waals surface area (Å²) < 4.78 is 13.4. The van der Waals surface area contributed by atoms with E-state index in [2.05, 4.69) is 4.98 Å². The van der Waals surface area contributed by atoms with Gasteiger partial charge < -0.3 is 5.11 Å². The lowest BCUT2D eigenvalue weighted by Crippen LogP contribution is -1.89. The highest BCUT2D eigenvalue weighted by Gasteiger charge is 2.04. The Morgan fingerprint density at radius 2 is 2.00 bits per heavy atom. The van der Waals surface area contributed by atoms with Gasteiger partial charge in [0.2, 0.25) is 0 Å². The van der Waals surface area contributed by atoms with Crippen LogP contribution < -0.4 is 0 Å². The highest BCUT2D eigenvalue weighted by molar-refractivity contribution is 5.63. The molecule has 0 saturated heterocycles. The van der Waals surface area contributed by atoms with Gasteiger partial charge in [-0.1, -0.05) is 18.2 Å². The number of aromatic nitrogens is 1. The second-order valence-electron chi connectivity index (χ2n) is 3.22. The predicted molar refractivity (Wildman–Crippen MR) is 55.6 cm³/mol. The number of aliphatic hydroxyl groups is 1. The van der Waals surface area contributed by atoms with E-state index in [1.54, 1.807) is 36.7 Å². The summed E-state index contributed by atoms with van der Waals surface area (Å²) in [4.78, 5) is 3.95. The summed E-state index contributed by atoms with van der Waals surface area (Å²) in [5.41, 5.74) is 1.86. The summed E-state index contributed by atoms with van der Waals surface area (Å²) in [6.45, 7) is -0.0880. The van der Waals surface area contributed by atoms with Crippen molar-refractivity contribution in [3.63, 3.8) is 0 Å². The van der Waals surface area contributed by atoms with Gasteiger partial charge in [-0.3, -0.25) is 4.98 Å². The number of pyridine rings is 1. The van der Waals surface area contributed by atoms with E-state index in [9.17, 15) is 4.39 Å². The number of halogens is 1. The van der Waals surface area contributed by atoms with Crippen LogP contribution >= 0.6 is 0 Å². The quantitative estimate of drug-likeness (QED) is 0.812. The molecule has 0 spiro atoms. The number of aliphatic hydroxyl groups excluding tert-OH is 1. The molecule has 0 unspecified atom stereocenters. The second-order valence-corrected chi connectivity index (χ2v) is 3.22. The average Bonchev–Trinajstić information content (AvgIpc) is 2.30. The maximum atomic E-state index is 13.4. The van der Waals surface area contributed by atoms with Crippen LogP contribution in [0.3, 0.4) is 0 Å². The minimum absolute atomic E-state index is 0.0880. The van der Waals surface area contributed by atoms with Crippen molar-refractivity contribution in [1.82, 2.24) is 4.98 Å². The fourth-order valence-electron chi connectivity index (χ4n) is 1.42. The first-order valence-corrected chi connectivity index (χ1v) is 4.61. The third kappa shape index (κ3) is 2.02. The van der Waals surface area contributed by atoms with E-state index < -0.39 is 0 Å². The molecule has 1 heterocycles. The highest BCUT2D eigenvalue weighted by Crippen LogP contribution is 2.22. The minimum Gasteiger partial charge on any atom is -0.392 e. The molecule has 0 aliphatic heterocycles. The SMILES string of the molecule is OCc1cncc(-c2ccccc2F)c1. The van der Waals surface area contributed by atoms with E-state index in [4.69, 9.17) is 5.11 Å². The van der Waals surface area contributed by atoms with Gasteiger partial charge in [-0.15, -0.1) is 0 Å². The van der Waals surface area contributed by atoms with Crippen LogP contribution in [0.5, 0.6) is 0 Å². The van der Waals surface area contributed by atoms with Crippen LogP contribution in [-0.4, -0.2) is 10.1 Å². The van der Waals surface area contributed by atoms with Gasteiger partial charge in [0.1, 0.15) is 5.82 Å². The topological polar surface area (TPSA) is 33.1 Å². The summed E-state index contributed by atoms with van der Waals surface area (Å²) in [7, 11) is 0. The molecule has 0 saturated carbocycles. The zero-order chi connectivity index (χ0) is 10.7. The molecule has 1 aromatic carbocycles. The number of nitrogens with zero attached hydrogens (tertiary/aromatic N) is 1. The first-order valence-electron chi connectivity index (χ1n) is 4.61. The van der Waals surface area contributed by atoms with Crippen molar-refractivity contribution >= 4 is 0 Å². The Morgan fingerprint density at radius 1 is 1.20 bits per heavy atom. The lowest BCUT2D eigenvalue weighted by Gasteiger charge is -2.03. The maximum Gasteiger partial charge on any atom is 0.131 e. The van der Waals surface area contributed by atoms with Crippen molar-refractivity contribution in [2.45, 2.75) is 6.61 Å². The number of rotatable bonds is 2. The first-order chi connectivity index (χ1) is 7.31. The molecule has 1 aromatic heterocycles. The van der Waals surface area contributed by atoms with E-state index >= 15 is 0 Å². The molecule has 76 valence electrons. The largest absolute Gasteiger partial charge is 0.392 e. The van der Waals surface area contributed by atoms with Crippen LogP contribution in [0, 0.1) is 5.82 Å². The molecular formula is C12H10FNO. The van der Waals surface area contributed by atoms with Gasteiger partial charge in [0.25, 0.3) is 0 Å². The van der Waals surface area contributed by atoms with E-state index in [1.165, 1.54) is 6.07 Å². The molecule has 0 aliphatic carbocycles. The summed E-state index contributed by atoms with van der Waals surface area (Å²) in [6.07, 6.45) is 3.14. The minimum atomic E-state index is -0.283. The molecule has 0 aliphatic rings. The third-order valence-corrected chi connectivity index (χ3v) is 2.16. The van der Waals surface area contributed by atoms with Crippen LogP contribution in [0.1, 0.15) is 5.56 Å². The van der Waals surface area contributed by atoms with E-state index in [1.807, 2.05) is 0 Å². The number of benzene rings is 1. The second kappa shape index (κ2) is 4.19. The third-order valence-electron chi connectivity index (χ3n) is 2.16. The van der Waals surface area contributed by atoms with Crippen LogP contribution in [0.2, 0.25) is 0 Å². The Morgan fingerprint density at radius 3 is 2.73 bits per heavy atom. The van der Waals surface area contributed by atoms with Crippen molar-refractivity contribution in [3.8, 4) is 11.1 Å². The van der Waals surface area contributed by atoms with Crippen molar-refractivity contribution in [3.05, 3.63) is 54.1 Å². The van der Waals surface area contributed by atoms with Crippen molar-refractivity contribution in [1.29, 1.82) is 0 Å². The Hall–Kier alpha value is -1.74. The maximum absolute atomic E-state index is 13.4. The zero-order valence-electron chi connectivity index (χ0n) is 8.02. The van der Waals surface area contributed by atoms with E-state index in [-0.39, 0.29) is 12.4 Å². The summed E-state index contributed by atoms with van der Waals surface area (Å²) in [5.74, 6) is -0.283. The molecule has 1 N–H and O–H groups in total. The molecule has 0 atom stereocenters.